The molecule has 0 spiro atoms. The van der Waals surface area contributed by atoms with Crippen molar-refractivity contribution in [3.8, 4) is 5.75 Å². The van der Waals surface area contributed by atoms with Gasteiger partial charge in [-0.1, -0.05) is 36.4 Å². The van der Waals surface area contributed by atoms with E-state index >= 15 is 0 Å². The number of hydrogen-bond donors (Lipinski definition) is 1. The zero-order chi connectivity index (χ0) is 12.4. The molecule has 3 rings (SSSR count). The van der Waals surface area contributed by atoms with Crippen molar-refractivity contribution >= 4 is 11.6 Å². The standard InChI is InChI=1S/C15H13NO2/c17-15-10-18-14-7-6-12(9-13(14)16-15)8-11-4-2-1-3-5-11/h1-7,9H,8,10H2,(H,16,17). The maximum atomic E-state index is 11.3. The number of ether oxygens (including phenoxy) is 1. The molecule has 2 aromatic carbocycles. The van der Waals surface area contributed by atoms with Crippen molar-refractivity contribution < 1.29 is 9.53 Å². The van der Waals surface area contributed by atoms with Gasteiger partial charge in [-0.2, -0.15) is 0 Å². The topological polar surface area (TPSA) is 38.3 Å². The van der Waals surface area contributed by atoms with Gasteiger partial charge >= 0.3 is 0 Å². The lowest BCUT2D eigenvalue weighted by Crippen LogP contribution is -2.25. The average molecular weight is 239 g/mol. The summed E-state index contributed by atoms with van der Waals surface area (Å²) in [6, 6.07) is 16.2. The first-order valence-corrected chi connectivity index (χ1v) is 5.91. The summed E-state index contributed by atoms with van der Waals surface area (Å²) in [6.07, 6.45) is 0.851. The summed E-state index contributed by atoms with van der Waals surface area (Å²) in [5.41, 5.74) is 3.17. The first-order valence-electron chi connectivity index (χ1n) is 5.91. The fraction of sp³-hybridized carbons (Fsp3) is 0.133. The molecular formula is C15H13NO2. The van der Waals surface area contributed by atoms with Crippen molar-refractivity contribution in [1.29, 1.82) is 0 Å². The molecule has 18 heavy (non-hydrogen) atoms. The molecule has 1 heterocycles. The molecule has 1 amide bonds. The first-order chi connectivity index (χ1) is 8.81. The average Bonchev–Trinajstić information content (AvgIpc) is 2.39. The number of carbonyl (C=O) groups is 1. The fourth-order valence-electron chi connectivity index (χ4n) is 2.07. The molecule has 3 nitrogen and oxygen atoms in total. The summed E-state index contributed by atoms with van der Waals surface area (Å²) >= 11 is 0. The largest absolute Gasteiger partial charge is 0.482 e. The molecular weight excluding hydrogens is 226 g/mol. The summed E-state index contributed by atoms with van der Waals surface area (Å²) in [6.45, 7) is 0.102. The Bertz CT molecular complexity index is 578. The van der Waals surface area contributed by atoms with E-state index in [9.17, 15) is 4.79 Å². The Kier molecular flexibility index (Phi) is 2.73. The predicted molar refractivity (Wildman–Crippen MR) is 69.8 cm³/mol. The summed E-state index contributed by atoms with van der Waals surface area (Å²) in [7, 11) is 0. The van der Waals surface area contributed by atoms with Gasteiger partial charge in [0.1, 0.15) is 5.75 Å². The monoisotopic (exact) mass is 239 g/mol. The summed E-state index contributed by atoms with van der Waals surface area (Å²) < 4.78 is 5.33. The Labute approximate surface area is 105 Å². The minimum Gasteiger partial charge on any atom is -0.482 e. The molecule has 0 fully saturated rings. The molecule has 0 saturated carbocycles. The second kappa shape index (κ2) is 4.53. The van der Waals surface area contributed by atoms with Crippen LogP contribution in [0.1, 0.15) is 11.1 Å². The SMILES string of the molecule is O=C1COc2ccc(Cc3ccccc3)cc2N1. The maximum Gasteiger partial charge on any atom is 0.262 e. The highest BCUT2D eigenvalue weighted by molar-refractivity contribution is 5.95. The van der Waals surface area contributed by atoms with Crippen molar-refractivity contribution in [3.63, 3.8) is 0 Å². The second-order valence-corrected chi connectivity index (χ2v) is 4.33. The van der Waals surface area contributed by atoms with E-state index in [0.29, 0.717) is 0 Å². The molecule has 3 heteroatoms. The van der Waals surface area contributed by atoms with Crippen molar-refractivity contribution in [3.05, 3.63) is 59.7 Å². The molecule has 90 valence electrons. The van der Waals surface area contributed by atoms with Crippen molar-refractivity contribution in [1.82, 2.24) is 0 Å². The first kappa shape index (κ1) is 10.8. The molecule has 1 aliphatic heterocycles. The number of rotatable bonds is 2. The van der Waals surface area contributed by atoms with Crippen LogP contribution in [0.15, 0.2) is 48.5 Å². The third kappa shape index (κ3) is 2.20. The van der Waals surface area contributed by atoms with E-state index < -0.39 is 0 Å². The van der Waals surface area contributed by atoms with E-state index in [1.807, 2.05) is 36.4 Å². The number of fused-ring (bicyclic) bond motifs is 1. The van der Waals surface area contributed by atoms with Gasteiger partial charge in [-0.3, -0.25) is 4.79 Å². The number of anilines is 1. The van der Waals surface area contributed by atoms with Gasteiger partial charge in [0.25, 0.3) is 5.91 Å². The molecule has 0 radical (unpaired) electrons. The quantitative estimate of drug-likeness (QED) is 0.874. The van der Waals surface area contributed by atoms with Gasteiger partial charge in [-0.25, -0.2) is 0 Å². The van der Waals surface area contributed by atoms with E-state index in [-0.39, 0.29) is 12.5 Å². The van der Waals surface area contributed by atoms with Crippen LogP contribution in [-0.2, 0) is 11.2 Å². The highest BCUT2D eigenvalue weighted by atomic mass is 16.5. The van der Waals surface area contributed by atoms with Crippen LogP contribution in [0.25, 0.3) is 0 Å². The van der Waals surface area contributed by atoms with E-state index in [2.05, 4.69) is 17.4 Å². The zero-order valence-corrected chi connectivity index (χ0v) is 9.85. The summed E-state index contributed by atoms with van der Waals surface area (Å²) in [5.74, 6) is 0.644. The number of carbonyl (C=O) groups excluding carboxylic acids is 1. The van der Waals surface area contributed by atoms with Gasteiger partial charge in [0.05, 0.1) is 5.69 Å². The van der Waals surface area contributed by atoms with Gasteiger partial charge in [0, 0.05) is 0 Å². The smallest absolute Gasteiger partial charge is 0.262 e. The molecule has 0 aliphatic carbocycles. The summed E-state index contributed by atoms with van der Waals surface area (Å²) in [5, 5.41) is 2.82. The normalized spacial score (nSPS) is 13.4. The second-order valence-electron chi connectivity index (χ2n) is 4.33. The molecule has 0 unspecified atom stereocenters. The molecule has 1 N–H and O–H groups in total. The van der Waals surface area contributed by atoms with Gasteiger partial charge in [0.15, 0.2) is 6.61 Å². The molecule has 1 aliphatic rings. The van der Waals surface area contributed by atoms with Crippen LogP contribution in [-0.4, -0.2) is 12.5 Å². The Hall–Kier alpha value is -2.29. The Morgan fingerprint density at radius 3 is 2.72 bits per heavy atom. The zero-order valence-electron chi connectivity index (χ0n) is 9.85. The van der Waals surface area contributed by atoms with Crippen molar-refractivity contribution in [2.24, 2.45) is 0 Å². The predicted octanol–water partition coefficient (Wildman–Crippen LogP) is 2.61. The Morgan fingerprint density at radius 1 is 1.06 bits per heavy atom. The van der Waals surface area contributed by atoms with E-state index in [4.69, 9.17) is 4.74 Å². The molecule has 0 bridgehead atoms. The van der Waals surface area contributed by atoms with E-state index in [1.165, 1.54) is 5.56 Å². The van der Waals surface area contributed by atoms with E-state index in [0.717, 1.165) is 23.4 Å². The number of amides is 1. The van der Waals surface area contributed by atoms with Crippen LogP contribution in [0.2, 0.25) is 0 Å². The van der Waals surface area contributed by atoms with Gasteiger partial charge in [0.2, 0.25) is 0 Å². The lowest BCUT2D eigenvalue weighted by Gasteiger charge is -2.18. The molecule has 0 atom stereocenters. The maximum absolute atomic E-state index is 11.3. The van der Waals surface area contributed by atoms with Crippen LogP contribution in [0.4, 0.5) is 5.69 Å². The van der Waals surface area contributed by atoms with E-state index in [1.54, 1.807) is 0 Å². The molecule has 0 saturated heterocycles. The van der Waals surface area contributed by atoms with Crippen LogP contribution >= 0.6 is 0 Å². The summed E-state index contributed by atoms with van der Waals surface area (Å²) in [4.78, 5) is 11.3. The van der Waals surface area contributed by atoms with Gasteiger partial charge in [-0.15, -0.1) is 0 Å². The minimum absolute atomic E-state index is 0.0978. The van der Waals surface area contributed by atoms with Crippen molar-refractivity contribution in [2.45, 2.75) is 6.42 Å². The third-order valence-corrected chi connectivity index (χ3v) is 2.93. The Balaban J connectivity index is 1.86. The van der Waals surface area contributed by atoms with Crippen LogP contribution < -0.4 is 10.1 Å². The van der Waals surface area contributed by atoms with Crippen LogP contribution in [0.3, 0.4) is 0 Å². The number of benzene rings is 2. The highest BCUT2D eigenvalue weighted by Crippen LogP contribution is 2.29. The minimum atomic E-state index is -0.0978. The van der Waals surface area contributed by atoms with Crippen LogP contribution in [0, 0.1) is 0 Å². The Morgan fingerprint density at radius 2 is 1.89 bits per heavy atom. The van der Waals surface area contributed by atoms with Crippen molar-refractivity contribution in [2.75, 3.05) is 11.9 Å². The number of hydrogen-bond acceptors (Lipinski definition) is 2. The molecule has 0 aromatic heterocycles. The van der Waals surface area contributed by atoms with Crippen LogP contribution in [0.5, 0.6) is 5.75 Å². The fourth-order valence-corrected chi connectivity index (χ4v) is 2.07. The van der Waals surface area contributed by atoms with Gasteiger partial charge < -0.3 is 10.1 Å². The lowest BCUT2D eigenvalue weighted by molar-refractivity contribution is -0.118. The van der Waals surface area contributed by atoms with Gasteiger partial charge in [-0.05, 0) is 29.7 Å². The molecule has 2 aromatic rings. The number of nitrogens with one attached hydrogen (secondary N) is 1. The lowest BCUT2D eigenvalue weighted by atomic mass is 10.0. The highest BCUT2D eigenvalue weighted by Gasteiger charge is 2.15. The third-order valence-electron chi connectivity index (χ3n) is 2.93.